The number of H-pyrrole nitrogens is 1. The molecule has 2 rings (SSSR count). The van der Waals surface area contributed by atoms with E-state index in [1.165, 1.54) is 19.1 Å². The van der Waals surface area contributed by atoms with Crippen molar-refractivity contribution in [3.05, 3.63) is 59.7 Å². The van der Waals surface area contributed by atoms with Crippen LogP contribution in [0.3, 0.4) is 0 Å². The van der Waals surface area contributed by atoms with Crippen LogP contribution in [0.15, 0.2) is 42.6 Å². The van der Waals surface area contributed by atoms with Gasteiger partial charge in [-0.1, -0.05) is 12.1 Å². The second kappa shape index (κ2) is 8.76. The third kappa shape index (κ3) is 4.70. The molecule has 1 atom stereocenters. The number of ketones is 1. The molecule has 0 spiro atoms. The zero-order valence-electron chi connectivity index (χ0n) is 15.3. The first-order chi connectivity index (χ1) is 12.3. The van der Waals surface area contributed by atoms with Crippen LogP contribution >= 0.6 is 7.60 Å². The number of Topliss-reactive ketones (excluding diaryl/α,β-unsaturated/α-hetero) is 1. The Hall–Kier alpha value is -1.75. The van der Waals surface area contributed by atoms with Crippen LogP contribution in [0, 0.1) is 5.82 Å². The van der Waals surface area contributed by atoms with Crippen molar-refractivity contribution in [2.45, 2.75) is 32.6 Å². The maximum atomic E-state index is 13.7. The Balaban J connectivity index is 2.53. The highest BCUT2D eigenvalue weighted by Gasteiger charge is 2.46. The van der Waals surface area contributed by atoms with Crippen molar-refractivity contribution in [3.63, 3.8) is 0 Å². The van der Waals surface area contributed by atoms with Crippen molar-refractivity contribution in [1.29, 1.82) is 0 Å². The number of halogens is 1. The largest absolute Gasteiger partial charge is 0.364 e. The van der Waals surface area contributed by atoms with Crippen LogP contribution < -0.4 is 0 Å². The van der Waals surface area contributed by atoms with E-state index >= 15 is 0 Å². The number of hydrogen-bond acceptors (Lipinski definition) is 4. The van der Waals surface area contributed by atoms with Gasteiger partial charge in [0.1, 0.15) is 11.6 Å². The minimum Gasteiger partial charge on any atom is -0.364 e. The van der Waals surface area contributed by atoms with Gasteiger partial charge in [0, 0.05) is 11.9 Å². The maximum absolute atomic E-state index is 13.7. The monoisotopic (exact) mass is 381 g/mol. The number of hydrogen-bond donors (Lipinski definition) is 1. The van der Waals surface area contributed by atoms with E-state index in [1.54, 1.807) is 44.3 Å². The summed E-state index contributed by atoms with van der Waals surface area (Å²) in [5, 5.41) is 0. The molecule has 0 saturated heterocycles. The first-order valence-electron chi connectivity index (χ1n) is 8.62. The molecule has 0 aliphatic rings. The van der Waals surface area contributed by atoms with Gasteiger partial charge in [0.05, 0.1) is 24.8 Å². The summed E-state index contributed by atoms with van der Waals surface area (Å²) in [6.07, 6.45) is 1.77. The highest BCUT2D eigenvalue weighted by atomic mass is 31.2. The standard InChI is InChI=1S/C19H25FNO4P/c1-4-24-26(23,25-5-2)14-19(15(3)22,18-10-7-11-21-18)13-16-8-6-9-17(20)12-16/h6-12,21H,4-5,13-14H2,1-3H3. The van der Waals surface area contributed by atoms with Crippen molar-refractivity contribution in [2.75, 3.05) is 19.4 Å². The fraction of sp³-hybridized carbons (Fsp3) is 0.421. The lowest BCUT2D eigenvalue weighted by atomic mass is 9.77. The Morgan fingerprint density at radius 3 is 2.38 bits per heavy atom. The number of aromatic nitrogens is 1. The van der Waals surface area contributed by atoms with Crippen LogP contribution in [-0.2, 0) is 30.2 Å². The summed E-state index contributed by atoms with van der Waals surface area (Å²) in [5.41, 5.74) is 0.0696. The first kappa shape index (κ1) is 20.6. The van der Waals surface area contributed by atoms with E-state index in [-0.39, 0.29) is 37.4 Å². The molecule has 26 heavy (non-hydrogen) atoms. The summed E-state index contributed by atoms with van der Waals surface area (Å²) in [6, 6.07) is 9.60. The second-order valence-electron chi connectivity index (χ2n) is 6.13. The zero-order chi connectivity index (χ0) is 19.2. The smallest absolute Gasteiger partial charge is 0.332 e. The van der Waals surface area contributed by atoms with Crippen molar-refractivity contribution < 1.29 is 22.8 Å². The molecule has 0 bridgehead atoms. The fourth-order valence-corrected chi connectivity index (χ4v) is 5.35. The van der Waals surface area contributed by atoms with Gasteiger partial charge in [-0.05, 0) is 57.0 Å². The van der Waals surface area contributed by atoms with Gasteiger partial charge in [-0.3, -0.25) is 9.36 Å². The Kier molecular flexibility index (Phi) is 6.93. The summed E-state index contributed by atoms with van der Waals surface area (Å²) in [6.45, 7) is 5.30. The molecule has 142 valence electrons. The van der Waals surface area contributed by atoms with E-state index in [0.29, 0.717) is 11.3 Å². The van der Waals surface area contributed by atoms with E-state index in [4.69, 9.17) is 9.05 Å². The van der Waals surface area contributed by atoms with Crippen LogP contribution in [0.25, 0.3) is 0 Å². The predicted octanol–water partition coefficient (Wildman–Crippen LogP) is 4.49. The third-order valence-corrected chi connectivity index (χ3v) is 6.53. The summed E-state index contributed by atoms with van der Waals surface area (Å²) in [5.74, 6) is -0.576. The topological polar surface area (TPSA) is 68.4 Å². The summed E-state index contributed by atoms with van der Waals surface area (Å²) >= 11 is 0. The lowest BCUT2D eigenvalue weighted by Gasteiger charge is -2.33. The summed E-state index contributed by atoms with van der Waals surface area (Å²) in [7, 11) is -3.52. The molecular weight excluding hydrogens is 356 g/mol. The average molecular weight is 381 g/mol. The molecule has 1 heterocycles. The number of aromatic amines is 1. The Morgan fingerprint density at radius 2 is 1.88 bits per heavy atom. The molecule has 5 nitrogen and oxygen atoms in total. The Bertz CT molecular complexity index is 768. The zero-order valence-corrected chi connectivity index (χ0v) is 16.2. The highest BCUT2D eigenvalue weighted by molar-refractivity contribution is 7.54. The van der Waals surface area contributed by atoms with E-state index in [1.807, 2.05) is 0 Å². The van der Waals surface area contributed by atoms with Gasteiger partial charge in [-0.2, -0.15) is 0 Å². The van der Waals surface area contributed by atoms with Gasteiger partial charge in [0.15, 0.2) is 0 Å². The summed E-state index contributed by atoms with van der Waals surface area (Å²) < 4.78 is 37.7. The molecule has 7 heteroatoms. The molecular formula is C19H25FNO4P. The quantitative estimate of drug-likeness (QED) is 0.616. The number of nitrogens with one attached hydrogen (secondary N) is 1. The van der Waals surface area contributed by atoms with Crippen LogP contribution in [0.2, 0.25) is 0 Å². The van der Waals surface area contributed by atoms with E-state index in [9.17, 15) is 13.8 Å². The van der Waals surface area contributed by atoms with E-state index < -0.39 is 13.0 Å². The van der Waals surface area contributed by atoms with E-state index in [2.05, 4.69) is 4.98 Å². The molecule has 0 saturated carbocycles. The Labute approximate surface area is 153 Å². The van der Waals surface area contributed by atoms with Gasteiger partial charge in [-0.15, -0.1) is 0 Å². The van der Waals surface area contributed by atoms with Gasteiger partial charge in [0.2, 0.25) is 0 Å². The lowest BCUT2D eigenvalue weighted by Crippen LogP contribution is -2.41. The molecule has 0 aliphatic carbocycles. The van der Waals surface area contributed by atoms with Gasteiger partial charge < -0.3 is 14.0 Å². The first-order valence-corrected chi connectivity index (χ1v) is 10.4. The molecule has 0 fully saturated rings. The molecule has 2 aromatic rings. The molecule has 1 unspecified atom stereocenters. The second-order valence-corrected chi connectivity index (χ2v) is 8.19. The van der Waals surface area contributed by atoms with E-state index in [0.717, 1.165) is 0 Å². The lowest BCUT2D eigenvalue weighted by molar-refractivity contribution is -0.122. The van der Waals surface area contributed by atoms with Crippen LogP contribution in [0.4, 0.5) is 4.39 Å². The number of benzene rings is 1. The molecule has 0 radical (unpaired) electrons. The maximum Gasteiger partial charge on any atom is 0.332 e. The minimum atomic E-state index is -3.52. The minimum absolute atomic E-state index is 0.117. The molecule has 1 aromatic heterocycles. The average Bonchev–Trinajstić information content (AvgIpc) is 3.09. The van der Waals surface area contributed by atoms with Crippen molar-refractivity contribution in [2.24, 2.45) is 0 Å². The van der Waals surface area contributed by atoms with Crippen LogP contribution in [-0.4, -0.2) is 30.1 Å². The molecule has 1 N–H and O–H groups in total. The highest BCUT2D eigenvalue weighted by Crippen LogP contribution is 2.53. The normalized spacial score (nSPS) is 14.2. The molecule has 0 aliphatic heterocycles. The SMILES string of the molecule is CCOP(=O)(CC(Cc1cccc(F)c1)(C(C)=O)c1ccc[nH]1)OCC. The van der Waals surface area contributed by atoms with Gasteiger partial charge >= 0.3 is 7.60 Å². The number of rotatable bonds is 10. The Morgan fingerprint density at radius 1 is 1.19 bits per heavy atom. The van der Waals surface area contributed by atoms with Crippen molar-refractivity contribution >= 4 is 13.4 Å². The van der Waals surface area contributed by atoms with Crippen LogP contribution in [0.5, 0.6) is 0 Å². The predicted molar refractivity (Wildman–Crippen MR) is 99.0 cm³/mol. The fourth-order valence-electron chi connectivity index (χ4n) is 3.14. The van der Waals surface area contributed by atoms with Gasteiger partial charge in [-0.25, -0.2) is 4.39 Å². The van der Waals surface area contributed by atoms with Crippen molar-refractivity contribution in [3.8, 4) is 0 Å². The summed E-state index contributed by atoms with van der Waals surface area (Å²) in [4.78, 5) is 15.8. The number of carbonyl (C=O) groups excluding carboxylic acids is 1. The van der Waals surface area contributed by atoms with Crippen molar-refractivity contribution in [1.82, 2.24) is 4.98 Å². The molecule has 1 aromatic carbocycles. The number of carbonyl (C=O) groups is 1. The molecule has 0 amide bonds. The van der Waals surface area contributed by atoms with Crippen LogP contribution in [0.1, 0.15) is 32.0 Å². The van der Waals surface area contributed by atoms with Gasteiger partial charge in [0.25, 0.3) is 0 Å². The third-order valence-electron chi connectivity index (χ3n) is 4.30.